The topological polar surface area (TPSA) is 0 Å². The zero-order valence-electron chi connectivity index (χ0n) is 3.23. The average Bonchev–Trinajstić information content (AvgIpc) is 1.72. The number of hydrogen-bond donors (Lipinski definition) is 0. The van der Waals surface area contributed by atoms with Gasteiger partial charge in [-0.2, -0.15) is 0 Å². The molecule has 0 aliphatic carbocycles. The molecule has 27 valence electrons. The van der Waals surface area contributed by atoms with Crippen molar-refractivity contribution in [2.75, 3.05) is 0 Å². The molecule has 3 radical (unpaired) electrons. The van der Waals surface area contributed by atoms with E-state index in [0.29, 0.717) is 46.2 Å². The van der Waals surface area contributed by atoms with Gasteiger partial charge in [-0.3, -0.25) is 0 Å². The SMILES string of the molecule is [B]1[AsH][B][AsH][B][AsH]1. The van der Waals surface area contributed by atoms with Gasteiger partial charge in [0, 0.05) is 0 Å². The third-order valence-electron chi connectivity index (χ3n) is 0.500. The van der Waals surface area contributed by atoms with Crippen LogP contribution in [0.1, 0.15) is 0 Å². The molecule has 0 saturated carbocycles. The summed E-state index contributed by atoms with van der Waals surface area (Å²) < 4.78 is 7.69. The van der Waals surface area contributed by atoms with Gasteiger partial charge in [-0.1, -0.05) is 0 Å². The Labute approximate surface area is 59.7 Å². The quantitative estimate of drug-likeness (QED) is 0.405. The molecule has 6 heteroatoms. The standard InChI is InChI=1S/As3B3H3/c1-4-2-6-3-5-1/h1-3H. The van der Waals surface area contributed by atoms with Crippen molar-refractivity contribution in [3.8, 4) is 0 Å². The summed E-state index contributed by atoms with van der Waals surface area (Å²) in [5.41, 5.74) is 0. The maximum absolute atomic E-state index is 2.56. The Morgan fingerprint density at radius 3 is 1.17 bits per heavy atom. The molecule has 1 saturated heterocycles. The van der Waals surface area contributed by atoms with Crippen LogP contribution in [0.3, 0.4) is 0 Å². The van der Waals surface area contributed by atoms with E-state index in [1.54, 1.807) is 0 Å². The van der Waals surface area contributed by atoms with E-state index in [1.807, 2.05) is 0 Å². The van der Waals surface area contributed by atoms with Gasteiger partial charge in [0.1, 0.15) is 0 Å². The summed E-state index contributed by atoms with van der Waals surface area (Å²) >= 11 is 1.31. The van der Waals surface area contributed by atoms with E-state index < -0.39 is 0 Å². The maximum atomic E-state index is 2.56. The van der Waals surface area contributed by atoms with Gasteiger partial charge in [-0.25, -0.2) is 0 Å². The second-order valence-corrected chi connectivity index (χ2v) is 14.3. The van der Waals surface area contributed by atoms with Crippen molar-refractivity contribution < 1.29 is 0 Å². The summed E-state index contributed by atoms with van der Waals surface area (Å²) in [6.07, 6.45) is 0. The van der Waals surface area contributed by atoms with E-state index in [1.165, 1.54) is 0 Å². The van der Waals surface area contributed by atoms with Gasteiger partial charge < -0.3 is 0 Å². The molecule has 1 aliphatic rings. The van der Waals surface area contributed by atoms with Crippen molar-refractivity contribution in [3.05, 3.63) is 0 Å². The number of hydrogen-bond acceptors (Lipinski definition) is 0. The molecule has 6 heavy (non-hydrogen) atoms. The molecule has 0 spiro atoms. The Kier molecular flexibility index (Phi) is 3.82. The van der Waals surface area contributed by atoms with Crippen LogP contribution in [0.5, 0.6) is 0 Å². The van der Waals surface area contributed by atoms with E-state index in [4.69, 9.17) is 0 Å². The van der Waals surface area contributed by atoms with Gasteiger partial charge in [-0.05, 0) is 0 Å². The van der Waals surface area contributed by atoms with Crippen LogP contribution in [0.4, 0.5) is 0 Å². The summed E-state index contributed by atoms with van der Waals surface area (Å²) in [4.78, 5) is 0. The van der Waals surface area contributed by atoms with Gasteiger partial charge in [0.15, 0.2) is 0 Å². The molecule has 1 fully saturated rings. The van der Waals surface area contributed by atoms with Gasteiger partial charge >= 0.3 is 60.2 Å². The second kappa shape index (κ2) is 3.82. The van der Waals surface area contributed by atoms with E-state index in [0.717, 1.165) is 0 Å². The minimum absolute atomic E-state index is 0.438. The van der Waals surface area contributed by atoms with Crippen LogP contribution in [-0.2, 0) is 0 Å². The van der Waals surface area contributed by atoms with Crippen molar-refractivity contribution in [1.82, 2.24) is 0 Å². The van der Waals surface area contributed by atoms with Crippen molar-refractivity contribution in [1.29, 1.82) is 0 Å². The molecular formula is H3As3B3. The van der Waals surface area contributed by atoms with Crippen molar-refractivity contribution in [2.24, 2.45) is 0 Å². The van der Waals surface area contributed by atoms with Crippen molar-refractivity contribution >= 4 is 60.2 Å². The summed E-state index contributed by atoms with van der Waals surface area (Å²) in [7, 11) is 0. The Hall–Kier alpha value is 1.87. The van der Waals surface area contributed by atoms with Crippen LogP contribution >= 0.6 is 0 Å². The molecule has 1 heterocycles. The molecule has 1 aliphatic heterocycles. The average molecular weight is 260 g/mol. The summed E-state index contributed by atoms with van der Waals surface area (Å²) in [5.74, 6) is 0. The normalized spacial score (nSPS) is 32.0. The molecule has 0 nitrogen and oxygen atoms in total. The van der Waals surface area contributed by atoms with E-state index >= 15 is 0 Å². The molecule has 0 aromatic heterocycles. The third-order valence-corrected chi connectivity index (χ3v) is 13.5. The predicted octanol–water partition coefficient (Wildman–Crippen LogP) is -3.09. The summed E-state index contributed by atoms with van der Waals surface area (Å²) in [6, 6.07) is 0. The molecule has 0 N–H and O–H groups in total. The van der Waals surface area contributed by atoms with Crippen LogP contribution in [0.2, 0.25) is 0 Å². The van der Waals surface area contributed by atoms with Gasteiger partial charge in [0.2, 0.25) is 0 Å². The molecular weight excluding hydrogens is 257 g/mol. The zero-order valence-corrected chi connectivity index (χ0v) is 9.53. The second-order valence-electron chi connectivity index (χ2n) is 0.933. The molecule has 0 bridgehead atoms. The van der Waals surface area contributed by atoms with E-state index in [2.05, 4.69) is 14.0 Å². The van der Waals surface area contributed by atoms with Crippen LogP contribution in [0, 0.1) is 0 Å². The van der Waals surface area contributed by atoms with Crippen LogP contribution in [-0.4, -0.2) is 60.2 Å². The molecule has 0 aromatic rings. The first-order chi connectivity index (χ1) is 3.00. The first-order valence-electron chi connectivity index (χ1n) is 1.73. The summed E-state index contributed by atoms with van der Waals surface area (Å²) in [6.45, 7) is 0. The fourth-order valence-corrected chi connectivity index (χ4v) is 21.4. The Morgan fingerprint density at radius 1 is 0.667 bits per heavy atom. The summed E-state index contributed by atoms with van der Waals surface area (Å²) in [5, 5.41) is 0. The monoisotopic (exact) mass is 261 g/mol. The fraction of sp³-hybridized carbons (Fsp3) is 0. The van der Waals surface area contributed by atoms with Crippen LogP contribution < -0.4 is 0 Å². The van der Waals surface area contributed by atoms with E-state index in [-0.39, 0.29) is 0 Å². The van der Waals surface area contributed by atoms with Crippen molar-refractivity contribution in [3.63, 3.8) is 0 Å². The molecule has 0 amide bonds. The predicted molar refractivity (Wildman–Crippen MR) is 38.7 cm³/mol. The third kappa shape index (κ3) is 2.25. The molecule has 0 atom stereocenters. The first kappa shape index (κ1) is 6.00. The minimum atomic E-state index is 0.438. The van der Waals surface area contributed by atoms with Gasteiger partial charge in [0.25, 0.3) is 0 Å². The Balaban J connectivity index is 2.00. The first-order valence-corrected chi connectivity index (χ1v) is 9.00. The van der Waals surface area contributed by atoms with Gasteiger partial charge in [-0.15, -0.1) is 0 Å². The molecule has 0 aromatic carbocycles. The van der Waals surface area contributed by atoms with Crippen LogP contribution in [0.25, 0.3) is 0 Å². The van der Waals surface area contributed by atoms with Crippen LogP contribution in [0.15, 0.2) is 0 Å². The Morgan fingerprint density at radius 2 is 1.00 bits per heavy atom. The zero-order chi connectivity index (χ0) is 4.24. The molecule has 0 unspecified atom stereocenters. The Bertz CT molecular complexity index is 21.5. The fourth-order valence-electron chi connectivity index (χ4n) is 0.269. The number of rotatable bonds is 0. The molecule has 1 rings (SSSR count). The van der Waals surface area contributed by atoms with Crippen molar-refractivity contribution in [2.45, 2.75) is 0 Å². The van der Waals surface area contributed by atoms with E-state index in [9.17, 15) is 0 Å². The van der Waals surface area contributed by atoms with Gasteiger partial charge in [0.05, 0.1) is 0 Å².